The molecule has 1 N–H and O–H groups in total. The topological polar surface area (TPSA) is 63.5 Å². The van der Waals surface area contributed by atoms with Crippen molar-refractivity contribution in [1.29, 1.82) is 0 Å². The van der Waals surface area contributed by atoms with Gasteiger partial charge in [0, 0.05) is 24.3 Å². The molecule has 0 aliphatic carbocycles. The van der Waals surface area contributed by atoms with Crippen LogP contribution in [0.2, 0.25) is 0 Å². The Hall–Kier alpha value is -2.69. The number of carbonyl (C=O) groups excluding carboxylic acids is 2. The van der Waals surface area contributed by atoms with Gasteiger partial charge in [-0.3, -0.25) is 19.1 Å². The molecular formula is C18H19N3O2. The number of carbonyl (C=O) groups is 2. The maximum absolute atomic E-state index is 13.0. The van der Waals surface area contributed by atoms with Gasteiger partial charge in [-0.15, -0.1) is 0 Å². The van der Waals surface area contributed by atoms with Crippen LogP contribution in [0.15, 0.2) is 53.7 Å². The molecule has 5 nitrogen and oxygen atoms in total. The Bertz CT molecular complexity index is 821. The first-order valence-electron chi connectivity index (χ1n) is 7.71. The van der Waals surface area contributed by atoms with Gasteiger partial charge in [-0.05, 0) is 37.6 Å². The summed E-state index contributed by atoms with van der Waals surface area (Å²) < 4.78 is 1.54. The van der Waals surface area contributed by atoms with E-state index in [0.29, 0.717) is 11.2 Å². The molecule has 0 bridgehead atoms. The Kier molecular flexibility index (Phi) is 4.10. The molecule has 1 aromatic heterocycles. The van der Waals surface area contributed by atoms with Crippen molar-refractivity contribution in [1.82, 2.24) is 4.57 Å². The molecule has 3 rings (SSSR count). The number of para-hydroxylation sites is 1. The maximum Gasteiger partial charge on any atom is 0.240 e. The summed E-state index contributed by atoms with van der Waals surface area (Å²) in [5, 5.41) is 2.82. The first kappa shape index (κ1) is 15.2. The number of pyridine rings is 1. The molecule has 23 heavy (non-hydrogen) atoms. The number of benzene rings is 1. The number of amides is 1. The number of rotatable bonds is 2. The highest BCUT2D eigenvalue weighted by Crippen LogP contribution is 2.32. The molecule has 1 amide bonds. The molecule has 2 aromatic rings. The number of hydrogen-bond acceptors (Lipinski definition) is 3. The molecule has 0 fully saturated rings. The van der Waals surface area contributed by atoms with Crippen molar-refractivity contribution in [2.24, 2.45) is 4.99 Å². The number of nitrogens with one attached hydrogen (secondary N) is 1. The van der Waals surface area contributed by atoms with Gasteiger partial charge in [-0.1, -0.05) is 24.3 Å². The Balaban J connectivity index is 2.07. The summed E-state index contributed by atoms with van der Waals surface area (Å²) >= 11 is 0. The summed E-state index contributed by atoms with van der Waals surface area (Å²) in [5.74, 6) is -0.762. The molecule has 0 saturated heterocycles. The van der Waals surface area contributed by atoms with E-state index < -0.39 is 5.92 Å². The van der Waals surface area contributed by atoms with Gasteiger partial charge in [0.05, 0.1) is 5.92 Å². The second kappa shape index (κ2) is 6.20. The minimum Gasteiger partial charge on any atom is -0.326 e. The first-order valence-corrected chi connectivity index (χ1v) is 7.71. The standard InChI is InChI=1S/C18H19N3O2/c1-12(2)19-16-9-5-6-10-21(16)18(23)14-11-17(22)20-15-8-4-3-7-13(14)15/h3-10,12,14H,11H2,1-2H3,(H,20,22)/t14-/m0/s1. The monoisotopic (exact) mass is 309 g/mol. The van der Waals surface area contributed by atoms with Crippen LogP contribution in [0.1, 0.15) is 36.5 Å². The lowest BCUT2D eigenvalue weighted by atomic mass is 9.89. The number of nitrogens with zero attached hydrogens (tertiary/aromatic N) is 2. The van der Waals surface area contributed by atoms with E-state index in [1.807, 2.05) is 50.2 Å². The fraction of sp³-hybridized carbons (Fsp3) is 0.278. The van der Waals surface area contributed by atoms with Crippen molar-refractivity contribution in [2.45, 2.75) is 32.2 Å². The van der Waals surface area contributed by atoms with Crippen LogP contribution in [-0.4, -0.2) is 22.4 Å². The summed E-state index contributed by atoms with van der Waals surface area (Å²) in [6, 6.07) is 13.0. The summed E-state index contributed by atoms with van der Waals surface area (Å²) in [7, 11) is 0. The summed E-state index contributed by atoms with van der Waals surface area (Å²) in [6.07, 6.45) is 1.86. The lowest BCUT2D eigenvalue weighted by Gasteiger charge is -2.25. The van der Waals surface area contributed by atoms with Crippen molar-refractivity contribution in [3.63, 3.8) is 0 Å². The number of hydrogen-bond donors (Lipinski definition) is 1. The number of anilines is 1. The van der Waals surface area contributed by atoms with Crippen LogP contribution in [0.5, 0.6) is 0 Å². The zero-order valence-electron chi connectivity index (χ0n) is 13.2. The minimum atomic E-state index is -0.492. The second-order valence-electron chi connectivity index (χ2n) is 5.88. The average Bonchev–Trinajstić information content (AvgIpc) is 2.53. The van der Waals surface area contributed by atoms with Crippen LogP contribution in [-0.2, 0) is 4.79 Å². The molecular weight excluding hydrogens is 290 g/mol. The number of fused-ring (bicyclic) bond motifs is 1. The fourth-order valence-electron chi connectivity index (χ4n) is 2.79. The highest BCUT2D eigenvalue weighted by molar-refractivity contribution is 6.01. The molecule has 118 valence electrons. The van der Waals surface area contributed by atoms with Gasteiger partial charge in [0.15, 0.2) is 0 Å². The van der Waals surface area contributed by atoms with Gasteiger partial charge < -0.3 is 5.32 Å². The maximum atomic E-state index is 13.0. The third-order valence-corrected chi connectivity index (χ3v) is 3.76. The predicted octanol–water partition coefficient (Wildman–Crippen LogP) is 2.56. The predicted molar refractivity (Wildman–Crippen MR) is 88.2 cm³/mol. The first-order chi connectivity index (χ1) is 11.1. The highest BCUT2D eigenvalue weighted by Gasteiger charge is 2.31. The summed E-state index contributed by atoms with van der Waals surface area (Å²) in [6.45, 7) is 3.93. The van der Waals surface area contributed by atoms with Gasteiger partial charge in [-0.2, -0.15) is 0 Å². The Morgan fingerprint density at radius 3 is 2.74 bits per heavy atom. The van der Waals surface area contributed by atoms with E-state index in [-0.39, 0.29) is 24.3 Å². The zero-order valence-corrected chi connectivity index (χ0v) is 13.2. The summed E-state index contributed by atoms with van der Waals surface area (Å²) in [4.78, 5) is 29.5. The van der Waals surface area contributed by atoms with E-state index in [9.17, 15) is 9.59 Å². The van der Waals surface area contributed by atoms with Gasteiger partial charge in [0.1, 0.15) is 5.49 Å². The van der Waals surface area contributed by atoms with E-state index in [1.165, 1.54) is 0 Å². The number of aromatic nitrogens is 1. The zero-order chi connectivity index (χ0) is 16.4. The smallest absolute Gasteiger partial charge is 0.240 e. The molecule has 0 unspecified atom stereocenters. The molecule has 1 aromatic carbocycles. The van der Waals surface area contributed by atoms with Gasteiger partial charge in [0.2, 0.25) is 11.8 Å². The largest absolute Gasteiger partial charge is 0.326 e. The molecule has 0 radical (unpaired) electrons. The highest BCUT2D eigenvalue weighted by atomic mass is 16.2. The third-order valence-electron chi connectivity index (χ3n) is 3.76. The van der Waals surface area contributed by atoms with E-state index in [0.717, 1.165) is 5.56 Å². The van der Waals surface area contributed by atoms with E-state index in [2.05, 4.69) is 10.3 Å². The molecule has 5 heteroatoms. The van der Waals surface area contributed by atoms with E-state index in [1.54, 1.807) is 16.8 Å². The second-order valence-corrected chi connectivity index (χ2v) is 5.88. The van der Waals surface area contributed by atoms with Gasteiger partial charge in [-0.25, -0.2) is 0 Å². The lowest BCUT2D eigenvalue weighted by Crippen LogP contribution is -2.35. The van der Waals surface area contributed by atoms with Crippen LogP contribution in [0, 0.1) is 0 Å². The molecule has 0 spiro atoms. The Morgan fingerprint density at radius 1 is 1.22 bits per heavy atom. The van der Waals surface area contributed by atoms with Crippen LogP contribution >= 0.6 is 0 Å². The average molecular weight is 309 g/mol. The van der Waals surface area contributed by atoms with E-state index in [4.69, 9.17) is 0 Å². The molecule has 1 aliphatic rings. The van der Waals surface area contributed by atoms with Crippen LogP contribution in [0.25, 0.3) is 0 Å². The normalized spacial score (nSPS) is 17.8. The van der Waals surface area contributed by atoms with Crippen molar-refractivity contribution in [2.75, 3.05) is 5.32 Å². The molecule has 0 saturated carbocycles. The van der Waals surface area contributed by atoms with Crippen LogP contribution < -0.4 is 10.8 Å². The molecule has 1 atom stereocenters. The SMILES string of the molecule is CC(C)N=c1ccccn1C(=O)[C@H]1CC(=O)Nc2ccccc21. The third kappa shape index (κ3) is 3.08. The lowest BCUT2D eigenvalue weighted by molar-refractivity contribution is -0.116. The Labute approximate surface area is 134 Å². The Morgan fingerprint density at radius 2 is 1.96 bits per heavy atom. The van der Waals surface area contributed by atoms with Crippen molar-refractivity contribution in [3.8, 4) is 0 Å². The summed E-state index contributed by atoms with van der Waals surface area (Å²) in [5.41, 5.74) is 2.17. The van der Waals surface area contributed by atoms with Crippen molar-refractivity contribution < 1.29 is 9.59 Å². The van der Waals surface area contributed by atoms with Gasteiger partial charge >= 0.3 is 0 Å². The van der Waals surface area contributed by atoms with Gasteiger partial charge in [0.25, 0.3) is 0 Å². The van der Waals surface area contributed by atoms with Crippen LogP contribution in [0.3, 0.4) is 0 Å². The molecule has 1 aliphatic heterocycles. The fourth-order valence-corrected chi connectivity index (χ4v) is 2.79. The van der Waals surface area contributed by atoms with E-state index >= 15 is 0 Å². The molecule has 2 heterocycles. The van der Waals surface area contributed by atoms with Crippen molar-refractivity contribution in [3.05, 3.63) is 59.7 Å². The minimum absolute atomic E-state index is 0.0818. The quantitative estimate of drug-likeness (QED) is 0.926. The van der Waals surface area contributed by atoms with Crippen molar-refractivity contribution >= 4 is 17.5 Å². The van der Waals surface area contributed by atoms with Crippen LogP contribution in [0.4, 0.5) is 5.69 Å².